The number of hydrogen-bond acceptors (Lipinski definition) is 2. The molecule has 1 unspecified atom stereocenters. The van der Waals surface area contributed by atoms with Gasteiger partial charge in [0.15, 0.2) is 0 Å². The molecule has 1 N–H and O–H groups in total. The van der Waals surface area contributed by atoms with E-state index in [4.69, 9.17) is 4.42 Å². The van der Waals surface area contributed by atoms with E-state index in [1.54, 1.807) is 0 Å². The van der Waals surface area contributed by atoms with Crippen LogP contribution in [-0.2, 0) is 5.41 Å². The predicted octanol–water partition coefficient (Wildman–Crippen LogP) is 5.49. The Morgan fingerprint density at radius 3 is 2.48 bits per heavy atom. The molecule has 0 aliphatic heterocycles. The van der Waals surface area contributed by atoms with Crippen molar-refractivity contribution in [1.82, 2.24) is 5.32 Å². The van der Waals surface area contributed by atoms with Crippen molar-refractivity contribution in [2.45, 2.75) is 65.8 Å². The third kappa shape index (κ3) is 3.32. The van der Waals surface area contributed by atoms with E-state index in [1.807, 2.05) is 0 Å². The Morgan fingerprint density at radius 1 is 1.19 bits per heavy atom. The molecule has 2 heteroatoms. The minimum absolute atomic E-state index is 0.0969. The Labute approximate surface area is 128 Å². The van der Waals surface area contributed by atoms with Crippen LogP contribution in [0.3, 0.4) is 0 Å². The average molecular weight is 287 g/mol. The van der Waals surface area contributed by atoms with Gasteiger partial charge in [-0.15, -0.1) is 0 Å². The number of aryl methyl sites for hydroxylation is 1. The second-order valence-electron chi connectivity index (χ2n) is 6.99. The number of furan rings is 1. The second kappa shape index (κ2) is 6.23. The summed E-state index contributed by atoms with van der Waals surface area (Å²) in [6.45, 7) is 14.3. The van der Waals surface area contributed by atoms with E-state index in [1.165, 1.54) is 16.5 Å². The van der Waals surface area contributed by atoms with Crippen molar-refractivity contribution in [1.29, 1.82) is 0 Å². The number of nitrogens with one attached hydrogen (secondary N) is 1. The van der Waals surface area contributed by atoms with Crippen LogP contribution in [0.5, 0.6) is 0 Å². The molecule has 0 fully saturated rings. The zero-order chi connectivity index (χ0) is 15.6. The quantitative estimate of drug-likeness (QED) is 0.786. The first-order chi connectivity index (χ1) is 9.88. The molecule has 0 radical (unpaired) electrons. The van der Waals surface area contributed by atoms with Gasteiger partial charge in [-0.1, -0.05) is 46.8 Å². The van der Waals surface area contributed by atoms with Crippen molar-refractivity contribution in [3.05, 3.63) is 35.1 Å². The standard InChI is InChI=1S/C19H29NO/c1-7-11-20-16(8-2)17-12-14-13(3)9-10-15(18(14)21-17)19(4,5)6/h9-10,12,16,20H,7-8,11H2,1-6H3. The van der Waals surface area contributed by atoms with Crippen molar-refractivity contribution >= 4 is 11.0 Å². The van der Waals surface area contributed by atoms with E-state index >= 15 is 0 Å². The van der Waals surface area contributed by atoms with Crippen molar-refractivity contribution in [2.75, 3.05) is 6.54 Å². The van der Waals surface area contributed by atoms with Crippen molar-refractivity contribution in [3.8, 4) is 0 Å². The lowest BCUT2D eigenvalue weighted by molar-refractivity contribution is 0.418. The summed E-state index contributed by atoms with van der Waals surface area (Å²) in [7, 11) is 0. The van der Waals surface area contributed by atoms with E-state index in [9.17, 15) is 0 Å². The highest BCUT2D eigenvalue weighted by atomic mass is 16.3. The highest BCUT2D eigenvalue weighted by molar-refractivity contribution is 5.85. The third-order valence-corrected chi connectivity index (χ3v) is 4.12. The van der Waals surface area contributed by atoms with Gasteiger partial charge < -0.3 is 9.73 Å². The molecule has 116 valence electrons. The highest BCUT2D eigenvalue weighted by Gasteiger charge is 2.22. The molecule has 1 aromatic carbocycles. The molecule has 0 spiro atoms. The number of hydrogen-bond donors (Lipinski definition) is 1. The van der Waals surface area contributed by atoms with Crippen LogP contribution in [-0.4, -0.2) is 6.54 Å². The van der Waals surface area contributed by atoms with E-state index in [2.05, 4.69) is 65.1 Å². The Morgan fingerprint density at radius 2 is 1.90 bits per heavy atom. The highest BCUT2D eigenvalue weighted by Crippen LogP contribution is 2.35. The van der Waals surface area contributed by atoms with Gasteiger partial charge in [0, 0.05) is 10.9 Å². The molecular weight excluding hydrogens is 258 g/mol. The van der Waals surface area contributed by atoms with Gasteiger partial charge in [-0.2, -0.15) is 0 Å². The largest absolute Gasteiger partial charge is 0.459 e. The first-order valence-corrected chi connectivity index (χ1v) is 8.15. The predicted molar refractivity (Wildman–Crippen MR) is 91.0 cm³/mol. The smallest absolute Gasteiger partial charge is 0.138 e. The SMILES string of the molecule is CCCNC(CC)c1cc2c(C)ccc(C(C)(C)C)c2o1. The molecular formula is C19H29NO. The molecule has 2 nitrogen and oxygen atoms in total. The van der Waals surface area contributed by atoms with E-state index in [-0.39, 0.29) is 5.41 Å². The van der Waals surface area contributed by atoms with E-state index in [0.29, 0.717) is 6.04 Å². The first-order valence-electron chi connectivity index (χ1n) is 8.15. The lowest BCUT2D eigenvalue weighted by atomic mass is 9.85. The summed E-state index contributed by atoms with van der Waals surface area (Å²) >= 11 is 0. The summed E-state index contributed by atoms with van der Waals surface area (Å²) in [5.41, 5.74) is 3.74. The van der Waals surface area contributed by atoms with Gasteiger partial charge in [-0.05, 0) is 43.4 Å². The number of benzene rings is 1. The molecule has 0 saturated heterocycles. The normalized spacial score (nSPS) is 13.8. The Hall–Kier alpha value is -1.28. The molecule has 0 aliphatic carbocycles. The molecule has 1 heterocycles. The first kappa shape index (κ1) is 16.1. The second-order valence-corrected chi connectivity index (χ2v) is 6.99. The summed E-state index contributed by atoms with van der Waals surface area (Å²) in [5, 5.41) is 4.84. The van der Waals surface area contributed by atoms with Crippen LogP contribution < -0.4 is 5.32 Å². The molecule has 1 aromatic heterocycles. The van der Waals surface area contributed by atoms with Gasteiger partial charge >= 0.3 is 0 Å². The molecule has 1 atom stereocenters. The molecule has 0 saturated carbocycles. The zero-order valence-electron chi connectivity index (χ0n) is 14.3. The van der Waals surface area contributed by atoms with Crippen LogP contribution >= 0.6 is 0 Å². The maximum absolute atomic E-state index is 6.29. The Balaban J connectivity index is 2.51. The maximum Gasteiger partial charge on any atom is 0.138 e. The summed E-state index contributed by atoms with van der Waals surface area (Å²) in [4.78, 5) is 0. The number of fused-ring (bicyclic) bond motifs is 1. The molecule has 0 amide bonds. The van der Waals surface area contributed by atoms with Gasteiger partial charge in [0.25, 0.3) is 0 Å². The Kier molecular flexibility index (Phi) is 4.77. The molecule has 21 heavy (non-hydrogen) atoms. The summed E-state index contributed by atoms with van der Waals surface area (Å²) in [6, 6.07) is 6.97. The van der Waals surface area contributed by atoms with E-state index in [0.717, 1.165) is 30.7 Å². The fraction of sp³-hybridized carbons (Fsp3) is 0.579. The molecule has 0 aliphatic rings. The summed E-state index contributed by atoms with van der Waals surface area (Å²) in [6.07, 6.45) is 2.19. The lowest BCUT2D eigenvalue weighted by Crippen LogP contribution is -2.20. The number of rotatable bonds is 5. The van der Waals surface area contributed by atoms with Gasteiger partial charge in [-0.25, -0.2) is 0 Å². The van der Waals surface area contributed by atoms with Crippen LogP contribution in [0.25, 0.3) is 11.0 Å². The maximum atomic E-state index is 6.29. The fourth-order valence-corrected chi connectivity index (χ4v) is 2.80. The van der Waals surface area contributed by atoms with Crippen LogP contribution in [0.15, 0.2) is 22.6 Å². The fourth-order valence-electron chi connectivity index (χ4n) is 2.80. The minimum Gasteiger partial charge on any atom is -0.459 e. The van der Waals surface area contributed by atoms with E-state index < -0.39 is 0 Å². The van der Waals surface area contributed by atoms with Crippen molar-refractivity contribution < 1.29 is 4.42 Å². The minimum atomic E-state index is 0.0969. The monoisotopic (exact) mass is 287 g/mol. The van der Waals surface area contributed by atoms with Gasteiger partial charge in [0.05, 0.1) is 6.04 Å². The molecule has 2 aromatic rings. The third-order valence-electron chi connectivity index (χ3n) is 4.12. The van der Waals surface area contributed by atoms with Crippen LogP contribution in [0, 0.1) is 6.92 Å². The molecule has 2 rings (SSSR count). The van der Waals surface area contributed by atoms with Crippen molar-refractivity contribution in [2.24, 2.45) is 0 Å². The van der Waals surface area contributed by atoms with Gasteiger partial charge in [0.2, 0.25) is 0 Å². The van der Waals surface area contributed by atoms with Crippen LogP contribution in [0.1, 0.15) is 70.4 Å². The summed E-state index contributed by atoms with van der Waals surface area (Å²) < 4.78 is 6.29. The zero-order valence-corrected chi connectivity index (χ0v) is 14.3. The van der Waals surface area contributed by atoms with Crippen LogP contribution in [0.2, 0.25) is 0 Å². The molecule has 0 bridgehead atoms. The van der Waals surface area contributed by atoms with Crippen LogP contribution in [0.4, 0.5) is 0 Å². The lowest BCUT2D eigenvalue weighted by Gasteiger charge is -2.19. The van der Waals surface area contributed by atoms with Gasteiger partial charge in [-0.3, -0.25) is 0 Å². The van der Waals surface area contributed by atoms with Gasteiger partial charge in [0.1, 0.15) is 11.3 Å². The topological polar surface area (TPSA) is 25.2 Å². The average Bonchev–Trinajstić information content (AvgIpc) is 2.84. The summed E-state index contributed by atoms with van der Waals surface area (Å²) in [5.74, 6) is 1.07. The Bertz CT molecular complexity index is 604. The van der Waals surface area contributed by atoms with Crippen molar-refractivity contribution in [3.63, 3.8) is 0 Å².